The molecule has 36 heavy (non-hydrogen) atoms. The van der Waals surface area contributed by atoms with Gasteiger partial charge in [0.25, 0.3) is 5.56 Å². The Hall–Kier alpha value is -4.20. The van der Waals surface area contributed by atoms with E-state index in [1.165, 1.54) is 5.56 Å². The Morgan fingerprint density at radius 3 is 2.39 bits per heavy atom. The van der Waals surface area contributed by atoms with Crippen molar-refractivity contribution in [2.45, 2.75) is 27.3 Å². The fraction of sp³-hybridized carbons (Fsp3) is 0.286. The van der Waals surface area contributed by atoms with Gasteiger partial charge in [-0.15, -0.1) is 0 Å². The minimum absolute atomic E-state index is 0.131. The van der Waals surface area contributed by atoms with E-state index in [-0.39, 0.29) is 11.6 Å². The average Bonchev–Trinajstić information content (AvgIpc) is 2.88. The molecular formula is C28H30N6O2. The minimum Gasteiger partial charge on any atom is -0.348 e. The van der Waals surface area contributed by atoms with Crippen molar-refractivity contribution in [2.75, 3.05) is 36.4 Å². The molecule has 1 saturated heterocycles. The van der Waals surface area contributed by atoms with Crippen LogP contribution in [0.15, 0.2) is 65.6 Å². The van der Waals surface area contributed by atoms with Gasteiger partial charge in [0.1, 0.15) is 5.52 Å². The Bertz CT molecular complexity index is 1470. The Labute approximate surface area is 210 Å². The Morgan fingerprint density at radius 2 is 1.67 bits per heavy atom. The van der Waals surface area contributed by atoms with Crippen LogP contribution >= 0.6 is 0 Å². The van der Waals surface area contributed by atoms with Gasteiger partial charge < -0.3 is 15.1 Å². The van der Waals surface area contributed by atoms with Gasteiger partial charge in [0.15, 0.2) is 11.5 Å². The smallest absolute Gasteiger partial charge is 0.321 e. The second-order valence-corrected chi connectivity index (χ2v) is 9.38. The van der Waals surface area contributed by atoms with Crippen LogP contribution in [-0.2, 0) is 6.54 Å². The predicted octanol–water partition coefficient (Wildman–Crippen LogP) is 4.12. The van der Waals surface area contributed by atoms with Crippen LogP contribution in [0, 0.1) is 20.8 Å². The first-order valence-corrected chi connectivity index (χ1v) is 12.2. The summed E-state index contributed by atoms with van der Waals surface area (Å²) in [6.07, 6.45) is 1.68. The molecule has 1 fully saturated rings. The number of carbonyl (C=O) groups excluding carboxylic acids is 1. The molecule has 1 aliphatic heterocycles. The van der Waals surface area contributed by atoms with Crippen molar-refractivity contribution in [1.82, 2.24) is 19.4 Å². The molecule has 0 atom stereocenters. The summed E-state index contributed by atoms with van der Waals surface area (Å²) in [6.45, 7) is 8.53. The zero-order chi connectivity index (χ0) is 25.2. The van der Waals surface area contributed by atoms with E-state index in [0.717, 1.165) is 22.4 Å². The van der Waals surface area contributed by atoms with Crippen molar-refractivity contribution < 1.29 is 4.79 Å². The van der Waals surface area contributed by atoms with Crippen LogP contribution in [0.5, 0.6) is 0 Å². The normalized spacial score (nSPS) is 13.8. The molecule has 0 unspecified atom stereocenters. The number of piperazine rings is 1. The molecule has 184 valence electrons. The number of hydrogen-bond donors (Lipinski definition) is 1. The van der Waals surface area contributed by atoms with E-state index in [1.807, 2.05) is 74.2 Å². The first-order valence-electron chi connectivity index (χ1n) is 12.2. The fourth-order valence-corrected chi connectivity index (χ4v) is 4.56. The molecule has 8 heteroatoms. The number of amides is 2. The molecule has 2 amide bonds. The van der Waals surface area contributed by atoms with Crippen molar-refractivity contribution in [1.29, 1.82) is 0 Å². The topological polar surface area (TPSA) is 83.4 Å². The lowest BCUT2D eigenvalue weighted by molar-refractivity contribution is 0.208. The monoisotopic (exact) mass is 482 g/mol. The molecule has 3 heterocycles. The molecule has 2 aromatic carbocycles. The summed E-state index contributed by atoms with van der Waals surface area (Å²) in [5.74, 6) is 0.400. The summed E-state index contributed by atoms with van der Waals surface area (Å²) in [4.78, 5) is 39.4. The highest BCUT2D eigenvalue weighted by Gasteiger charge is 2.25. The molecule has 0 saturated carbocycles. The first kappa shape index (κ1) is 23.5. The molecule has 8 nitrogen and oxygen atoms in total. The number of pyridine rings is 1. The predicted molar refractivity (Wildman–Crippen MR) is 143 cm³/mol. The van der Waals surface area contributed by atoms with Gasteiger partial charge in [-0.3, -0.25) is 9.36 Å². The van der Waals surface area contributed by atoms with Crippen molar-refractivity contribution in [3.8, 4) is 0 Å². The number of urea groups is 1. The summed E-state index contributed by atoms with van der Waals surface area (Å²) < 4.78 is 1.70. The summed E-state index contributed by atoms with van der Waals surface area (Å²) in [5, 5.41) is 3.02. The second kappa shape index (κ2) is 9.81. The van der Waals surface area contributed by atoms with Crippen LogP contribution in [0.3, 0.4) is 0 Å². The Kier molecular flexibility index (Phi) is 6.41. The Balaban J connectivity index is 1.36. The molecule has 0 aliphatic carbocycles. The number of nitrogens with one attached hydrogen (secondary N) is 1. The van der Waals surface area contributed by atoms with Gasteiger partial charge in [0, 0.05) is 38.1 Å². The molecule has 0 spiro atoms. The van der Waals surface area contributed by atoms with Gasteiger partial charge in [-0.1, -0.05) is 47.5 Å². The van der Waals surface area contributed by atoms with E-state index in [9.17, 15) is 9.59 Å². The first-order chi connectivity index (χ1) is 17.4. The fourth-order valence-electron chi connectivity index (χ4n) is 4.56. The summed E-state index contributed by atoms with van der Waals surface area (Å²) in [7, 11) is 0. The SMILES string of the molecule is Cc1ccc(Cn2c(=O)c(N3CCN(C(=O)Nc4ccc(C)cc4C)CC3)nc3cccnc32)cc1. The van der Waals surface area contributed by atoms with Crippen LogP contribution in [0.2, 0.25) is 0 Å². The van der Waals surface area contributed by atoms with E-state index >= 15 is 0 Å². The Morgan fingerprint density at radius 1 is 0.944 bits per heavy atom. The number of nitrogens with zero attached hydrogens (tertiary/aromatic N) is 5. The highest BCUT2D eigenvalue weighted by molar-refractivity contribution is 5.90. The largest absolute Gasteiger partial charge is 0.348 e. The highest BCUT2D eigenvalue weighted by atomic mass is 16.2. The third-order valence-corrected chi connectivity index (χ3v) is 6.64. The number of benzene rings is 2. The maximum atomic E-state index is 13.6. The summed E-state index contributed by atoms with van der Waals surface area (Å²) >= 11 is 0. The highest BCUT2D eigenvalue weighted by Crippen LogP contribution is 2.19. The second-order valence-electron chi connectivity index (χ2n) is 9.38. The molecule has 4 aromatic rings. The number of fused-ring (bicyclic) bond motifs is 1. The van der Waals surface area contributed by atoms with Gasteiger partial charge in [-0.05, 0) is 50.1 Å². The van der Waals surface area contributed by atoms with E-state index in [4.69, 9.17) is 0 Å². The van der Waals surface area contributed by atoms with Crippen LogP contribution in [0.1, 0.15) is 22.3 Å². The molecule has 1 N–H and O–H groups in total. The van der Waals surface area contributed by atoms with Gasteiger partial charge in [0.2, 0.25) is 0 Å². The number of hydrogen-bond acceptors (Lipinski definition) is 5. The van der Waals surface area contributed by atoms with Crippen molar-refractivity contribution in [3.63, 3.8) is 0 Å². The van der Waals surface area contributed by atoms with Gasteiger partial charge in [0.05, 0.1) is 6.54 Å². The van der Waals surface area contributed by atoms with Crippen molar-refractivity contribution >= 4 is 28.7 Å². The molecular weight excluding hydrogens is 452 g/mol. The van der Waals surface area contributed by atoms with Crippen LogP contribution in [0.25, 0.3) is 11.2 Å². The van der Waals surface area contributed by atoms with Gasteiger partial charge in [-0.2, -0.15) is 0 Å². The van der Waals surface area contributed by atoms with Crippen LogP contribution in [-0.4, -0.2) is 51.6 Å². The van der Waals surface area contributed by atoms with E-state index in [0.29, 0.717) is 49.7 Å². The maximum absolute atomic E-state index is 13.6. The quantitative estimate of drug-likeness (QED) is 0.473. The standard InChI is InChI=1S/C28H30N6O2/c1-19-6-9-22(10-7-19)18-34-25-24(5-4-12-29-25)30-26(27(34)35)32-13-15-33(16-14-32)28(36)31-23-11-8-20(2)17-21(23)3/h4-12,17H,13-16,18H2,1-3H3,(H,31,36). The maximum Gasteiger partial charge on any atom is 0.321 e. The van der Waals surface area contributed by atoms with E-state index in [2.05, 4.69) is 21.4 Å². The number of rotatable bonds is 4. The zero-order valence-corrected chi connectivity index (χ0v) is 20.9. The number of carbonyl (C=O) groups is 1. The number of anilines is 2. The molecule has 1 aliphatic rings. The zero-order valence-electron chi connectivity index (χ0n) is 20.9. The molecule has 2 aromatic heterocycles. The van der Waals surface area contributed by atoms with Crippen LogP contribution < -0.4 is 15.8 Å². The van der Waals surface area contributed by atoms with Gasteiger partial charge >= 0.3 is 6.03 Å². The van der Waals surface area contributed by atoms with Crippen LogP contribution in [0.4, 0.5) is 16.3 Å². The third-order valence-electron chi connectivity index (χ3n) is 6.64. The molecule has 0 bridgehead atoms. The summed E-state index contributed by atoms with van der Waals surface area (Å²) in [5.41, 5.74) is 6.28. The average molecular weight is 483 g/mol. The van der Waals surface area contributed by atoms with E-state index < -0.39 is 0 Å². The van der Waals surface area contributed by atoms with Crippen molar-refractivity contribution in [3.05, 3.63) is 93.4 Å². The van der Waals surface area contributed by atoms with Crippen molar-refractivity contribution in [2.24, 2.45) is 0 Å². The van der Waals surface area contributed by atoms with Gasteiger partial charge in [-0.25, -0.2) is 14.8 Å². The lowest BCUT2D eigenvalue weighted by Crippen LogP contribution is -2.51. The lowest BCUT2D eigenvalue weighted by atomic mass is 10.1. The molecule has 0 radical (unpaired) electrons. The molecule has 5 rings (SSSR count). The minimum atomic E-state index is -0.171. The third kappa shape index (κ3) is 4.79. The number of aromatic nitrogens is 3. The lowest BCUT2D eigenvalue weighted by Gasteiger charge is -2.35. The summed E-state index contributed by atoms with van der Waals surface area (Å²) in [6, 6.07) is 17.7. The van der Waals surface area contributed by atoms with E-state index in [1.54, 1.807) is 15.7 Å². The number of aryl methyl sites for hydroxylation is 3.